The number of carbonyl (C=O) groups excluding carboxylic acids is 2. The predicted molar refractivity (Wildman–Crippen MR) is 88.4 cm³/mol. The number of aromatic nitrogens is 1. The monoisotopic (exact) mass is 304 g/mol. The molecule has 1 aromatic heterocycles. The lowest BCUT2D eigenvalue weighted by Crippen LogP contribution is -2.38. The molecule has 0 spiro atoms. The standard InChI is InChI=1S/C18H28N2O2/c1-5-13-7-9-14(10-8-13)20-18(22)17-15(6-2)16(12(4)21)11(3)19-17/h13-14,19H,5-10H2,1-4H3,(H,20,22). The van der Waals surface area contributed by atoms with Crippen molar-refractivity contribution in [2.24, 2.45) is 5.92 Å². The molecule has 0 aromatic carbocycles. The number of amides is 1. The van der Waals surface area contributed by atoms with Gasteiger partial charge < -0.3 is 10.3 Å². The van der Waals surface area contributed by atoms with Crippen molar-refractivity contribution >= 4 is 11.7 Å². The van der Waals surface area contributed by atoms with Gasteiger partial charge in [-0.1, -0.05) is 20.3 Å². The molecule has 0 bridgehead atoms. The Morgan fingerprint density at radius 3 is 2.32 bits per heavy atom. The van der Waals surface area contributed by atoms with Gasteiger partial charge >= 0.3 is 0 Å². The van der Waals surface area contributed by atoms with Gasteiger partial charge in [0, 0.05) is 17.3 Å². The molecule has 122 valence electrons. The van der Waals surface area contributed by atoms with Crippen LogP contribution in [-0.4, -0.2) is 22.7 Å². The minimum atomic E-state index is -0.0626. The smallest absolute Gasteiger partial charge is 0.268 e. The molecule has 0 unspecified atom stereocenters. The van der Waals surface area contributed by atoms with Crippen molar-refractivity contribution in [2.45, 2.75) is 72.3 Å². The summed E-state index contributed by atoms with van der Waals surface area (Å²) >= 11 is 0. The predicted octanol–water partition coefficient (Wildman–Crippen LogP) is 3.79. The second-order valence-corrected chi connectivity index (χ2v) is 6.49. The Hall–Kier alpha value is -1.58. The Labute approximate surface area is 133 Å². The van der Waals surface area contributed by atoms with E-state index in [1.165, 1.54) is 19.3 Å². The number of ketones is 1. The van der Waals surface area contributed by atoms with Crippen LogP contribution in [-0.2, 0) is 6.42 Å². The zero-order valence-electron chi connectivity index (χ0n) is 14.2. The Kier molecular flexibility index (Phi) is 5.43. The summed E-state index contributed by atoms with van der Waals surface area (Å²) in [5.41, 5.74) is 2.90. The lowest BCUT2D eigenvalue weighted by Gasteiger charge is -2.28. The lowest BCUT2D eigenvalue weighted by atomic mass is 9.84. The van der Waals surface area contributed by atoms with E-state index in [9.17, 15) is 9.59 Å². The molecule has 1 fully saturated rings. The summed E-state index contributed by atoms with van der Waals surface area (Å²) in [6, 6.07) is 0.268. The van der Waals surface area contributed by atoms with Gasteiger partial charge in [0.15, 0.2) is 5.78 Å². The molecule has 1 aliphatic rings. The van der Waals surface area contributed by atoms with Crippen LogP contribution < -0.4 is 5.32 Å². The first-order chi connectivity index (χ1) is 10.5. The van der Waals surface area contributed by atoms with Gasteiger partial charge in [-0.2, -0.15) is 0 Å². The van der Waals surface area contributed by atoms with Crippen molar-refractivity contribution in [2.75, 3.05) is 0 Å². The maximum absolute atomic E-state index is 12.6. The summed E-state index contributed by atoms with van der Waals surface area (Å²) < 4.78 is 0. The van der Waals surface area contributed by atoms with Crippen LogP contribution in [0, 0.1) is 12.8 Å². The molecule has 1 saturated carbocycles. The van der Waals surface area contributed by atoms with E-state index in [1.54, 1.807) is 6.92 Å². The first-order valence-corrected chi connectivity index (χ1v) is 8.51. The molecule has 0 radical (unpaired) electrons. The third-order valence-electron chi connectivity index (χ3n) is 4.98. The molecular formula is C18H28N2O2. The summed E-state index contributed by atoms with van der Waals surface area (Å²) in [7, 11) is 0. The van der Waals surface area contributed by atoms with Crippen LogP contribution in [0.15, 0.2) is 0 Å². The van der Waals surface area contributed by atoms with Crippen molar-refractivity contribution in [3.05, 3.63) is 22.5 Å². The van der Waals surface area contributed by atoms with Crippen molar-refractivity contribution in [3.63, 3.8) is 0 Å². The van der Waals surface area contributed by atoms with Crippen molar-refractivity contribution in [1.82, 2.24) is 10.3 Å². The number of aromatic amines is 1. The maximum atomic E-state index is 12.6. The number of hydrogen-bond donors (Lipinski definition) is 2. The number of carbonyl (C=O) groups is 2. The molecule has 1 aromatic rings. The van der Waals surface area contributed by atoms with Crippen LogP contribution in [0.4, 0.5) is 0 Å². The average molecular weight is 304 g/mol. The molecule has 2 rings (SSSR count). The third kappa shape index (κ3) is 3.42. The Balaban J connectivity index is 2.10. The number of Topliss-reactive ketones (excluding diaryl/α,β-unsaturated/α-hetero) is 1. The highest BCUT2D eigenvalue weighted by Crippen LogP contribution is 2.27. The van der Waals surface area contributed by atoms with Crippen molar-refractivity contribution < 1.29 is 9.59 Å². The highest BCUT2D eigenvalue weighted by atomic mass is 16.2. The van der Waals surface area contributed by atoms with Gasteiger partial charge in [-0.15, -0.1) is 0 Å². The van der Waals surface area contributed by atoms with E-state index in [1.807, 2.05) is 13.8 Å². The second-order valence-electron chi connectivity index (χ2n) is 6.49. The second kappa shape index (κ2) is 7.12. The van der Waals surface area contributed by atoms with Crippen LogP contribution in [0.1, 0.15) is 85.0 Å². The van der Waals surface area contributed by atoms with Gasteiger partial charge in [0.1, 0.15) is 5.69 Å². The fraction of sp³-hybridized carbons (Fsp3) is 0.667. The summed E-state index contributed by atoms with van der Waals surface area (Å²) in [6.07, 6.45) is 6.44. The number of rotatable bonds is 5. The van der Waals surface area contributed by atoms with Gasteiger partial charge in [0.25, 0.3) is 5.91 Å². The lowest BCUT2D eigenvalue weighted by molar-refractivity contribution is 0.0916. The first-order valence-electron chi connectivity index (χ1n) is 8.51. The number of hydrogen-bond acceptors (Lipinski definition) is 2. The van der Waals surface area contributed by atoms with Gasteiger partial charge in [-0.05, 0) is 57.4 Å². The van der Waals surface area contributed by atoms with Gasteiger partial charge in [0.05, 0.1) is 0 Å². The van der Waals surface area contributed by atoms with E-state index < -0.39 is 0 Å². The fourth-order valence-corrected chi connectivity index (χ4v) is 3.67. The summed E-state index contributed by atoms with van der Waals surface area (Å²) in [5, 5.41) is 3.15. The van der Waals surface area contributed by atoms with E-state index >= 15 is 0 Å². The largest absolute Gasteiger partial charge is 0.354 e. The minimum absolute atomic E-state index is 0.0214. The SMILES string of the molecule is CCc1c(C(=O)NC2CCC(CC)CC2)[nH]c(C)c1C(C)=O. The Bertz CT molecular complexity index is 552. The molecule has 4 heteroatoms. The zero-order chi connectivity index (χ0) is 16.3. The number of aryl methyl sites for hydroxylation is 1. The van der Waals surface area contributed by atoms with Gasteiger partial charge in [-0.3, -0.25) is 9.59 Å². The van der Waals surface area contributed by atoms with Crippen LogP contribution in [0.5, 0.6) is 0 Å². The van der Waals surface area contributed by atoms with E-state index in [0.717, 1.165) is 30.0 Å². The molecular weight excluding hydrogens is 276 g/mol. The normalized spacial score (nSPS) is 21.6. The Morgan fingerprint density at radius 1 is 1.18 bits per heavy atom. The Morgan fingerprint density at radius 2 is 1.82 bits per heavy atom. The highest BCUT2D eigenvalue weighted by molar-refractivity contribution is 6.02. The van der Waals surface area contributed by atoms with Crippen LogP contribution in [0.3, 0.4) is 0 Å². The summed E-state index contributed by atoms with van der Waals surface area (Å²) in [5.74, 6) is 0.775. The minimum Gasteiger partial charge on any atom is -0.354 e. The zero-order valence-corrected chi connectivity index (χ0v) is 14.2. The summed E-state index contributed by atoms with van der Waals surface area (Å²) in [6.45, 7) is 7.64. The highest BCUT2D eigenvalue weighted by Gasteiger charge is 2.25. The molecule has 2 N–H and O–H groups in total. The van der Waals surface area contributed by atoms with E-state index in [-0.39, 0.29) is 17.7 Å². The fourth-order valence-electron chi connectivity index (χ4n) is 3.67. The number of H-pyrrole nitrogens is 1. The van der Waals surface area contributed by atoms with Gasteiger partial charge in [-0.25, -0.2) is 0 Å². The average Bonchev–Trinajstić information content (AvgIpc) is 2.84. The molecule has 1 aliphatic carbocycles. The molecule has 4 nitrogen and oxygen atoms in total. The third-order valence-corrected chi connectivity index (χ3v) is 4.98. The van der Waals surface area contributed by atoms with E-state index in [0.29, 0.717) is 17.7 Å². The van der Waals surface area contributed by atoms with Crippen LogP contribution in [0.2, 0.25) is 0 Å². The molecule has 0 aliphatic heterocycles. The topological polar surface area (TPSA) is 62.0 Å². The molecule has 0 atom stereocenters. The number of nitrogens with one attached hydrogen (secondary N) is 2. The summed E-state index contributed by atoms with van der Waals surface area (Å²) in [4.78, 5) is 27.5. The van der Waals surface area contributed by atoms with Crippen molar-refractivity contribution in [1.29, 1.82) is 0 Å². The van der Waals surface area contributed by atoms with E-state index in [2.05, 4.69) is 17.2 Å². The van der Waals surface area contributed by atoms with Crippen LogP contribution >= 0.6 is 0 Å². The molecule has 0 saturated heterocycles. The van der Waals surface area contributed by atoms with Crippen molar-refractivity contribution in [3.8, 4) is 0 Å². The molecule has 22 heavy (non-hydrogen) atoms. The molecule has 1 amide bonds. The quantitative estimate of drug-likeness (QED) is 0.813. The molecule has 1 heterocycles. The van der Waals surface area contributed by atoms with Crippen LogP contribution in [0.25, 0.3) is 0 Å². The maximum Gasteiger partial charge on any atom is 0.268 e. The van der Waals surface area contributed by atoms with Gasteiger partial charge in [0.2, 0.25) is 0 Å². The van der Waals surface area contributed by atoms with E-state index in [4.69, 9.17) is 0 Å². The first kappa shape index (κ1) is 16.8.